The molecule has 3 rings (SSSR count). The molecule has 0 unspecified atom stereocenters. The van der Waals surface area contributed by atoms with Crippen molar-refractivity contribution >= 4 is 21.6 Å². The van der Waals surface area contributed by atoms with E-state index >= 15 is 0 Å². The van der Waals surface area contributed by atoms with Crippen LogP contribution >= 0.6 is 0 Å². The monoisotopic (exact) mass is 363 g/mol. The van der Waals surface area contributed by atoms with Crippen LogP contribution in [0.3, 0.4) is 0 Å². The Kier molecular flexibility index (Phi) is 5.14. The first-order chi connectivity index (χ1) is 12.0. The Morgan fingerprint density at radius 2 is 2.12 bits per heavy atom. The number of hydrogen-bond acceptors (Lipinski definition) is 5. The van der Waals surface area contributed by atoms with Crippen LogP contribution in [0.5, 0.6) is 0 Å². The molecule has 3 heterocycles. The Balaban J connectivity index is 1.60. The molecule has 0 bridgehead atoms. The number of piperidine rings is 1. The number of carbonyl (C=O) groups excluding carboxylic acids is 1. The van der Waals surface area contributed by atoms with Crippen LogP contribution in [0.15, 0.2) is 42.1 Å². The van der Waals surface area contributed by atoms with Gasteiger partial charge in [-0.3, -0.25) is 9.78 Å². The van der Waals surface area contributed by atoms with Gasteiger partial charge in [-0.25, -0.2) is 13.4 Å². The Labute approximate surface area is 146 Å². The predicted octanol–water partition coefficient (Wildman–Crippen LogP) is 1.34. The summed E-state index contributed by atoms with van der Waals surface area (Å²) < 4.78 is 28.4. The number of aromatic nitrogens is 3. The molecule has 2 aromatic rings. The Morgan fingerprint density at radius 3 is 2.72 bits per heavy atom. The first-order valence-corrected chi connectivity index (χ1v) is 9.67. The van der Waals surface area contributed by atoms with Crippen LogP contribution in [0, 0.1) is 5.92 Å². The number of aryl methyl sites for hydroxylation is 1. The first kappa shape index (κ1) is 17.6. The zero-order valence-electron chi connectivity index (χ0n) is 14.0. The topological polar surface area (TPSA) is 97.2 Å². The minimum atomic E-state index is -3.60. The van der Waals surface area contributed by atoms with Crippen LogP contribution in [-0.2, 0) is 21.4 Å². The lowest BCUT2D eigenvalue weighted by molar-refractivity contribution is -0.120. The van der Waals surface area contributed by atoms with Gasteiger partial charge < -0.3 is 9.88 Å². The third-order valence-corrected chi connectivity index (χ3v) is 6.12. The molecule has 1 fully saturated rings. The second-order valence-corrected chi connectivity index (χ2v) is 7.84. The van der Waals surface area contributed by atoms with E-state index in [2.05, 4.69) is 15.3 Å². The van der Waals surface area contributed by atoms with E-state index in [0.717, 1.165) is 0 Å². The maximum absolute atomic E-state index is 12.6. The molecule has 0 saturated carbocycles. The SMILES string of the molecule is CCn1cnc(S(=O)(=O)N2CCC(C(=O)Nc3cccnc3)CC2)c1. The summed E-state index contributed by atoms with van der Waals surface area (Å²) in [4.78, 5) is 20.3. The Hall–Kier alpha value is -2.26. The standard InChI is InChI=1S/C16H21N5O3S/c1-2-20-11-15(18-12-20)25(23,24)21-8-5-13(6-9-21)16(22)19-14-4-3-7-17-10-14/h3-4,7,10-13H,2,5-6,8-9H2,1H3,(H,19,22). The molecule has 1 aliphatic heterocycles. The lowest BCUT2D eigenvalue weighted by atomic mass is 9.97. The average molecular weight is 363 g/mol. The fourth-order valence-electron chi connectivity index (χ4n) is 2.82. The molecule has 1 aliphatic rings. The van der Waals surface area contributed by atoms with E-state index < -0.39 is 10.0 Å². The Bertz CT molecular complexity index is 826. The number of rotatable bonds is 5. The van der Waals surface area contributed by atoms with E-state index in [1.165, 1.54) is 16.8 Å². The van der Waals surface area contributed by atoms with Gasteiger partial charge in [-0.1, -0.05) is 0 Å². The van der Waals surface area contributed by atoms with Gasteiger partial charge >= 0.3 is 0 Å². The van der Waals surface area contributed by atoms with Crippen LogP contribution in [0.1, 0.15) is 19.8 Å². The highest BCUT2D eigenvalue weighted by Crippen LogP contribution is 2.24. The molecule has 1 amide bonds. The second-order valence-electron chi connectivity index (χ2n) is 5.95. The average Bonchev–Trinajstić information content (AvgIpc) is 3.13. The summed E-state index contributed by atoms with van der Waals surface area (Å²) in [7, 11) is -3.60. The number of pyridine rings is 1. The molecular formula is C16H21N5O3S. The van der Waals surface area contributed by atoms with Crippen molar-refractivity contribution in [2.24, 2.45) is 5.92 Å². The van der Waals surface area contributed by atoms with Gasteiger partial charge in [0.2, 0.25) is 5.91 Å². The molecule has 0 atom stereocenters. The fourth-order valence-corrected chi connectivity index (χ4v) is 4.22. The molecule has 0 aliphatic carbocycles. The zero-order valence-corrected chi connectivity index (χ0v) is 14.8. The van der Waals surface area contributed by atoms with Crippen molar-refractivity contribution in [3.8, 4) is 0 Å². The van der Waals surface area contributed by atoms with Gasteiger partial charge in [0.05, 0.1) is 18.2 Å². The lowest BCUT2D eigenvalue weighted by Crippen LogP contribution is -2.41. The number of amides is 1. The van der Waals surface area contributed by atoms with Crippen molar-refractivity contribution in [3.63, 3.8) is 0 Å². The summed E-state index contributed by atoms with van der Waals surface area (Å²) >= 11 is 0. The minimum Gasteiger partial charge on any atom is -0.336 e. The van der Waals surface area contributed by atoms with Crippen molar-refractivity contribution < 1.29 is 13.2 Å². The lowest BCUT2D eigenvalue weighted by Gasteiger charge is -2.29. The fraction of sp³-hybridized carbons (Fsp3) is 0.438. The molecule has 0 radical (unpaired) electrons. The van der Waals surface area contributed by atoms with Crippen molar-refractivity contribution in [2.45, 2.75) is 31.3 Å². The van der Waals surface area contributed by atoms with Gasteiger partial charge in [0.25, 0.3) is 10.0 Å². The van der Waals surface area contributed by atoms with Crippen LogP contribution in [0.4, 0.5) is 5.69 Å². The molecule has 1 N–H and O–H groups in total. The maximum atomic E-state index is 12.6. The molecule has 0 aromatic carbocycles. The highest BCUT2D eigenvalue weighted by molar-refractivity contribution is 7.89. The maximum Gasteiger partial charge on any atom is 0.262 e. The molecule has 25 heavy (non-hydrogen) atoms. The van der Waals surface area contributed by atoms with E-state index in [1.54, 1.807) is 29.1 Å². The summed E-state index contributed by atoms with van der Waals surface area (Å²) in [5.74, 6) is -0.305. The van der Waals surface area contributed by atoms with Gasteiger partial charge in [-0.15, -0.1) is 0 Å². The molecule has 1 saturated heterocycles. The number of nitrogens with zero attached hydrogens (tertiary/aromatic N) is 4. The van der Waals surface area contributed by atoms with Crippen LogP contribution in [-0.4, -0.2) is 46.3 Å². The zero-order chi connectivity index (χ0) is 17.9. The summed E-state index contributed by atoms with van der Waals surface area (Å²) in [5.41, 5.74) is 0.646. The summed E-state index contributed by atoms with van der Waals surface area (Å²) in [5, 5.41) is 2.89. The van der Waals surface area contributed by atoms with Crippen LogP contribution in [0.2, 0.25) is 0 Å². The van der Waals surface area contributed by atoms with Crippen molar-refractivity contribution in [1.29, 1.82) is 0 Å². The second kappa shape index (κ2) is 7.32. The number of hydrogen-bond donors (Lipinski definition) is 1. The number of nitrogens with one attached hydrogen (secondary N) is 1. The normalized spacial score (nSPS) is 16.7. The van der Waals surface area contributed by atoms with Gasteiger partial charge in [0.1, 0.15) is 0 Å². The Morgan fingerprint density at radius 1 is 1.36 bits per heavy atom. The van der Waals surface area contributed by atoms with Crippen LogP contribution in [0.25, 0.3) is 0 Å². The summed E-state index contributed by atoms with van der Waals surface area (Å²) in [6.45, 7) is 3.21. The molecule has 0 spiro atoms. The predicted molar refractivity (Wildman–Crippen MR) is 92.3 cm³/mol. The first-order valence-electron chi connectivity index (χ1n) is 8.23. The largest absolute Gasteiger partial charge is 0.336 e. The number of sulfonamides is 1. The van der Waals surface area contributed by atoms with E-state index in [1.807, 2.05) is 6.92 Å². The van der Waals surface area contributed by atoms with E-state index in [4.69, 9.17) is 0 Å². The van der Waals surface area contributed by atoms with Crippen molar-refractivity contribution in [1.82, 2.24) is 18.8 Å². The van der Waals surface area contributed by atoms with Crippen molar-refractivity contribution in [2.75, 3.05) is 18.4 Å². The van der Waals surface area contributed by atoms with Crippen molar-refractivity contribution in [3.05, 3.63) is 37.1 Å². The van der Waals surface area contributed by atoms with Crippen LogP contribution < -0.4 is 5.32 Å². The summed E-state index contributed by atoms with van der Waals surface area (Å²) in [6.07, 6.45) is 7.25. The highest BCUT2D eigenvalue weighted by atomic mass is 32.2. The molecule has 9 heteroatoms. The third-order valence-electron chi connectivity index (χ3n) is 4.33. The molecule has 2 aromatic heterocycles. The third kappa shape index (κ3) is 3.88. The van der Waals surface area contributed by atoms with Gasteiger partial charge in [-0.05, 0) is 31.9 Å². The van der Waals surface area contributed by atoms with E-state index in [-0.39, 0.29) is 16.9 Å². The van der Waals surface area contributed by atoms with E-state index in [0.29, 0.717) is 38.2 Å². The minimum absolute atomic E-state index is 0.0626. The van der Waals surface area contributed by atoms with Gasteiger partial charge in [-0.2, -0.15) is 4.31 Å². The summed E-state index contributed by atoms with van der Waals surface area (Å²) in [6, 6.07) is 3.52. The number of anilines is 1. The highest BCUT2D eigenvalue weighted by Gasteiger charge is 2.33. The molecular weight excluding hydrogens is 342 g/mol. The van der Waals surface area contributed by atoms with Gasteiger partial charge in [0.15, 0.2) is 5.03 Å². The molecule has 134 valence electrons. The van der Waals surface area contributed by atoms with Gasteiger partial charge in [0, 0.05) is 37.9 Å². The number of imidazole rings is 1. The van der Waals surface area contributed by atoms with E-state index in [9.17, 15) is 13.2 Å². The smallest absolute Gasteiger partial charge is 0.262 e. The quantitative estimate of drug-likeness (QED) is 0.864. The number of carbonyl (C=O) groups is 1. The molecule has 8 nitrogen and oxygen atoms in total.